The Morgan fingerprint density at radius 1 is 0.500 bits per heavy atom. The first-order valence-electron chi connectivity index (χ1n) is 5.38. The minimum absolute atomic E-state index is 1.44. The van der Waals surface area contributed by atoms with Gasteiger partial charge in [-0.1, -0.05) is 0 Å². The summed E-state index contributed by atoms with van der Waals surface area (Å²) < 4.78 is 37.8. The third-order valence-electron chi connectivity index (χ3n) is 1.93. The molecule has 0 radical (unpaired) electrons. The van der Waals surface area contributed by atoms with Crippen LogP contribution in [0.25, 0.3) is 0 Å². The summed E-state index contributed by atoms with van der Waals surface area (Å²) >= 11 is 0. The van der Waals surface area contributed by atoms with Crippen molar-refractivity contribution in [3.05, 3.63) is 0 Å². The van der Waals surface area contributed by atoms with E-state index in [1.54, 1.807) is 0 Å². The molecule has 110 valence electrons. The lowest BCUT2D eigenvalue weighted by Crippen LogP contribution is -2.62. The van der Waals surface area contributed by atoms with Crippen molar-refractivity contribution in [2.45, 2.75) is 19.6 Å². The molecule has 0 saturated heterocycles. The summed E-state index contributed by atoms with van der Waals surface area (Å²) in [6.45, 7) is 6.02. The van der Waals surface area contributed by atoms with Gasteiger partial charge in [0.1, 0.15) is 0 Å². The van der Waals surface area contributed by atoms with E-state index in [1.807, 2.05) is 19.6 Å². The van der Waals surface area contributed by atoms with E-state index in [4.69, 9.17) is 30.4 Å². The van der Waals surface area contributed by atoms with Gasteiger partial charge in [-0.2, -0.15) is 0 Å². The largest absolute Gasteiger partial charge is 0.673 e. The normalized spacial score (nSPS) is 14.0. The predicted octanol–water partition coefficient (Wildman–Crippen LogP) is 0.958. The Morgan fingerprint density at radius 2 is 0.833 bits per heavy atom. The fraction of sp³-hybridized carbons (Fsp3) is 1.00. The quantitative estimate of drug-likeness (QED) is 0.587. The van der Waals surface area contributed by atoms with Gasteiger partial charge in [0, 0.05) is 35.5 Å². The molecule has 0 aliphatic heterocycles. The van der Waals surface area contributed by atoms with E-state index in [9.17, 15) is 0 Å². The molecular weight excluding hydrogens is 292 g/mol. The molecule has 0 fully saturated rings. The van der Waals surface area contributed by atoms with Crippen molar-refractivity contribution in [2.75, 3.05) is 35.5 Å². The van der Waals surface area contributed by atoms with Crippen LogP contribution in [0.3, 0.4) is 0 Å². The van der Waals surface area contributed by atoms with Crippen LogP contribution in [0.4, 0.5) is 0 Å². The van der Waals surface area contributed by atoms with Gasteiger partial charge in [0.2, 0.25) is 0 Å². The molecule has 0 spiro atoms. The van der Waals surface area contributed by atoms with Gasteiger partial charge in [-0.05, 0) is 19.6 Å². The van der Waals surface area contributed by atoms with Crippen molar-refractivity contribution in [3.8, 4) is 0 Å². The van der Waals surface area contributed by atoms with E-state index >= 15 is 0 Å². The molecule has 18 heavy (non-hydrogen) atoms. The van der Waals surface area contributed by atoms with Gasteiger partial charge < -0.3 is 30.4 Å². The van der Waals surface area contributed by atoms with E-state index in [2.05, 4.69) is 0 Å². The van der Waals surface area contributed by atoms with Crippen LogP contribution in [0.15, 0.2) is 0 Å². The molecule has 0 aromatic rings. The Hall–Kier alpha value is 0.371. The Bertz CT molecular complexity index is 229. The number of hydrogen-bond donors (Lipinski definition) is 0. The van der Waals surface area contributed by atoms with Crippen LogP contribution in [-0.2, 0) is 30.4 Å². The molecule has 0 amide bonds. The zero-order valence-electron chi connectivity index (χ0n) is 12.4. The maximum atomic E-state index is 5.89. The fourth-order valence-corrected chi connectivity index (χ4v) is 8.94. The second-order valence-corrected chi connectivity index (χ2v) is 14.2. The smallest absolute Gasteiger partial charge is 0.395 e. The standard InChI is InChI=1S/C8H24O7Si3/c1-9-17(10-2,11-3)15-18(12-4,13-5)14-16(6,7)8/h1-8H3. The van der Waals surface area contributed by atoms with E-state index in [0.717, 1.165) is 0 Å². The molecule has 0 aromatic heterocycles. The zero-order chi connectivity index (χ0) is 14.4. The average molecular weight is 317 g/mol. The van der Waals surface area contributed by atoms with Crippen LogP contribution >= 0.6 is 0 Å². The second-order valence-electron chi connectivity index (χ2n) is 4.34. The third kappa shape index (κ3) is 5.16. The van der Waals surface area contributed by atoms with Gasteiger partial charge in [-0.15, -0.1) is 0 Å². The highest BCUT2D eigenvalue weighted by atomic mass is 28.5. The number of rotatable bonds is 9. The molecule has 0 N–H and O–H groups in total. The summed E-state index contributed by atoms with van der Waals surface area (Å²) in [5.41, 5.74) is 0. The molecule has 0 aromatic carbocycles. The van der Waals surface area contributed by atoms with Crippen LogP contribution in [0.2, 0.25) is 19.6 Å². The molecule has 0 bridgehead atoms. The maximum Gasteiger partial charge on any atom is 0.673 e. The van der Waals surface area contributed by atoms with Crippen LogP contribution < -0.4 is 0 Å². The number of hydrogen-bond acceptors (Lipinski definition) is 7. The fourth-order valence-electron chi connectivity index (χ4n) is 1.17. The topological polar surface area (TPSA) is 64.6 Å². The first-order valence-corrected chi connectivity index (χ1v) is 12.1. The lowest BCUT2D eigenvalue weighted by atomic mass is 11.8. The van der Waals surface area contributed by atoms with Crippen molar-refractivity contribution in [1.82, 2.24) is 0 Å². The first-order chi connectivity index (χ1) is 8.22. The molecule has 10 heteroatoms. The summed E-state index contributed by atoms with van der Waals surface area (Å²) in [5.74, 6) is 0. The minimum Gasteiger partial charge on any atom is -0.395 e. The summed E-state index contributed by atoms with van der Waals surface area (Å²) in [5, 5.41) is 0. The van der Waals surface area contributed by atoms with Crippen molar-refractivity contribution < 1.29 is 30.4 Å². The Kier molecular flexibility index (Phi) is 7.38. The van der Waals surface area contributed by atoms with Gasteiger partial charge in [-0.25, -0.2) is 0 Å². The zero-order valence-corrected chi connectivity index (χ0v) is 15.4. The van der Waals surface area contributed by atoms with Crippen molar-refractivity contribution >= 4 is 26.4 Å². The highest BCUT2D eigenvalue weighted by Gasteiger charge is 2.58. The molecule has 0 aliphatic carbocycles. The van der Waals surface area contributed by atoms with E-state index in [-0.39, 0.29) is 0 Å². The highest BCUT2D eigenvalue weighted by molar-refractivity contribution is 6.80. The molecule has 0 aliphatic rings. The lowest BCUT2D eigenvalue weighted by Gasteiger charge is -2.35. The van der Waals surface area contributed by atoms with Crippen LogP contribution in [0.1, 0.15) is 0 Å². The van der Waals surface area contributed by atoms with Gasteiger partial charge in [0.25, 0.3) is 0 Å². The van der Waals surface area contributed by atoms with Crippen LogP contribution in [0, 0.1) is 0 Å². The Labute approximate surface area is 112 Å². The van der Waals surface area contributed by atoms with Crippen LogP contribution in [-0.4, -0.2) is 62.0 Å². The maximum absolute atomic E-state index is 5.89. The summed E-state index contributed by atoms with van der Waals surface area (Å²) in [4.78, 5) is 0. The minimum atomic E-state index is -3.33. The van der Waals surface area contributed by atoms with Gasteiger partial charge in [0.05, 0.1) is 0 Å². The summed E-state index contributed by atoms with van der Waals surface area (Å²) in [6.07, 6.45) is 0. The molecule has 0 unspecified atom stereocenters. The first kappa shape index (κ1) is 18.4. The summed E-state index contributed by atoms with van der Waals surface area (Å²) in [7, 11) is -1.28. The van der Waals surface area contributed by atoms with E-state index < -0.39 is 26.4 Å². The van der Waals surface area contributed by atoms with Crippen LogP contribution in [0.5, 0.6) is 0 Å². The van der Waals surface area contributed by atoms with Crippen molar-refractivity contribution in [2.24, 2.45) is 0 Å². The molecule has 7 nitrogen and oxygen atoms in total. The van der Waals surface area contributed by atoms with Gasteiger partial charge in [-0.3, -0.25) is 0 Å². The van der Waals surface area contributed by atoms with Gasteiger partial charge in [0.15, 0.2) is 8.32 Å². The van der Waals surface area contributed by atoms with E-state index in [0.29, 0.717) is 0 Å². The molecule has 0 saturated carbocycles. The third-order valence-corrected chi connectivity index (χ3v) is 9.88. The molecule has 0 rings (SSSR count). The molecular formula is C8H24O7Si3. The second kappa shape index (κ2) is 7.23. The average Bonchev–Trinajstić information content (AvgIpc) is 2.33. The predicted molar refractivity (Wildman–Crippen MR) is 72.1 cm³/mol. The lowest BCUT2D eigenvalue weighted by molar-refractivity contribution is -0.0132. The van der Waals surface area contributed by atoms with Gasteiger partial charge >= 0.3 is 18.1 Å². The Balaban J connectivity index is 5.11. The van der Waals surface area contributed by atoms with E-state index in [1.165, 1.54) is 35.5 Å². The highest BCUT2D eigenvalue weighted by Crippen LogP contribution is 2.22. The Morgan fingerprint density at radius 3 is 1.06 bits per heavy atom. The molecule has 0 heterocycles. The van der Waals surface area contributed by atoms with Crippen molar-refractivity contribution in [1.29, 1.82) is 0 Å². The summed E-state index contributed by atoms with van der Waals surface area (Å²) in [6, 6.07) is 0. The monoisotopic (exact) mass is 316 g/mol. The molecule has 0 atom stereocenters. The SMILES string of the molecule is CO[Si](OC)(OC)O[Si](OC)(OC)O[Si](C)(C)C. The van der Waals surface area contributed by atoms with Crippen molar-refractivity contribution in [3.63, 3.8) is 0 Å².